The predicted octanol–water partition coefficient (Wildman–Crippen LogP) is 34.5. The number of thiophene rings is 2. The Labute approximate surface area is 766 Å². The lowest BCUT2D eigenvalue weighted by Gasteiger charge is -2.10. The van der Waals surface area contributed by atoms with Crippen LogP contribution in [0.3, 0.4) is 0 Å². The largest absolute Gasteiger partial charge is 0.309 e. The molecule has 0 saturated carbocycles. The average Bonchev–Trinajstić information content (AvgIpc) is 1.58. The maximum atomic E-state index is 2.43. The van der Waals surface area contributed by atoms with Crippen LogP contribution in [0.15, 0.2) is 473 Å². The molecule has 0 aliphatic heterocycles. The maximum absolute atomic E-state index is 2.43. The molecule has 0 saturated heterocycles. The Morgan fingerprint density at radius 2 is 0.348 bits per heavy atom. The first-order valence-corrected chi connectivity index (χ1v) is 46.8. The number of fused-ring (bicyclic) bond motifs is 25. The highest BCUT2D eigenvalue weighted by Gasteiger charge is 2.23. The SMILES string of the molecule is c1ccc(-n2c3ccccc3c3cc(-c4ccc5c(c4)c4ccccc4n5-c4ccc5c(c4)sc4ccccc45)ccc32)cc1.c1ccc(-n2c3ccccc3c3cc(-c4ccc5c(c4)c4ccccc4n5-c4ccc5ccccc5c4)ccc32)cc1.c1ccc(-n2c3ccccc3c3cc(-c4ccc5c(c4)c4ccccc4n5-c4ccc5sc6ccccc6c5c4)ccc32)cc1. The lowest BCUT2D eigenvalue weighted by Crippen LogP contribution is -1.93. The second-order valence-corrected chi connectivity index (χ2v) is 36.8. The van der Waals surface area contributed by atoms with Crippen LogP contribution >= 0.6 is 22.7 Å². The number of para-hydroxylation sites is 9. The predicted molar refractivity (Wildman–Crippen MR) is 565 cm³/mol. The Morgan fingerprint density at radius 3 is 0.705 bits per heavy atom. The fraction of sp³-hybridized carbons (Fsp3) is 0. The van der Waals surface area contributed by atoms with Gasteiger partial charge in [-0.1, -0.05) is 273 Å². The molecule has 21 aromatic carbocycles. The summed E-state index contributed by atoms with van der Waals surface area (Å²) in [5.74, 6) is 0. The van der Waals surface area contributed by atoms with Gasteiger partial charge in [-0.15, -0.1) is 22.7 Å². The van der Waals surface area contributed by atoms with Crippen molar-refractivity contribution in [3.63, 3.8) is 0 Å². The molecule has 8 aromatic heterocycles. The van der Waals surface area contributed by atoms with Gasteiger partial charge in [-0.2, -0.15) is 0 Å². The molecule has 132 heavy (non-hydrogen) atoms. The minimum Gasteiger partial charge on any atom is -0.309 e. The average molecular weight is 1720 g/mol. The van der Waals surface area contributed by atoms with Gasteiger partial charge < -0.3 is 27.4 Å². The van der Waals surface area contributed by atoms with Crippen LogP contribution in [-0.2, 0) is 0 Å². The molecule has 0 N–H and O–H groups in total. The summed E-state index contributed by atoms with van der Waals surface area (Å²) in [6, 6.07) is 173. The molecule has 0 unspecified atom stereocenters. The van der Waals surface area contributed by atoms with Crippen LogP contribution in [0.1, 0.15) is 0 Å². The van der Waals surface area contributed by atoms with Crippen molar-refractivity contribution >= 4 is 205 Å². The zero-order chi connectivity index (χ0) is 86.6. The van der Waals surface area contributed by atoms with E-state index in [1.54, 1.807) is 0 Å². The van der Waals surface area contributed by atoms with Crippen molar-refractivity contribution in [2.45, 2.75) is 0 Å². The third kappa shape index (κ3) is 12.1. The summed E-state index contributed by atoms with van der Waals surface area (Å²) >= 11 is 3.74. The van der Waals surface area contributed by atoms with E-state index in [1.165, 1.54) is 249 Å². The van der Waals surface area contributed by atoms with E-state index in [4.69, 9.17) is 0 Å². The summed E-state index contributed by atoms with van der Waals surface area (Å²) in [6.45, 7) is 0. The molecular formula is C124H78N6S2. The third-order valence-electron chi connectivity index (χ3n) is 27.3. The molecule has 0 fully saturated rings. The molecule has 0 amide bonds. The Morgan fingerprint density at radius 1 is 0.114 bits per heavy atom. The Balaban J connectivity index is 0.000000101. The van der Waals surface area contributed by atoms with E-state index >= 15 is 0 Å². The summed E-state index contributed by atoms with van der Waals surface area (Å²) in [5.41, 5.74) is 29.2. The quantitative estimate of drug-likeness (QED) is 0.138. The molecule has 0 aliphatic rings. The zero-order valence-corrected chi connectivity index (χ0v) is 73.2. The van der Waals surface area contributed by atoms with Crippen LogP contribution in [0, 0.1) is 0 Å². The van der Waals surface area contributed by atoms with Crippen molar-refractivity contribution in [3.8, 4) is 67.5 Å². The molecule has 29 rings (SSSR count). The lowest BCUT2D eigenvalue weighted by atomic mass is 10.0. The number of hydrogen-bond acceptors (Lipinski definition) is 2. The van der Waals surface area contributed by atoms with Gasteiger partial charge in [0, 0.05) is 139 Å². The van der Waals surface area contributed by atoms with Crippen molar-refractivity contribution in [1.82, 2.24) is 27.4 Å². The van der Waals surface area contributed by atoms with Gasteiger partial charge in [0.15, 0.2) is 0 Å². The van der Waals surface area contributed by atoms with Gasteiger partial charge in [0.1, 0.15) is 0 Å². The van der Waals surface area contributed by atoms with E-state index in [1.807, 2.05) is 22.7 Å². The molecule has 8 heteroatoms. The van der Waals surface area contributed by atoms with Crippen LogP contribution in [0.2, 0.25) is 0 Å². The van der Waals surface area contributed by atoms with Crippen LogP contribution in [0.25, 0.3) is 249 Å². The van der Waals surface area contributed by atoms with E-state index in [-0.39, 0.29) is 0 Å². The highest BCUT2D eigenvalue weighted by Crippen LogP contribution is 2.46. The number of hydrogen-bond donors (Lipinski definition) is 0. The maximum Gasteiger partial charge on any atom is 0.0541 e. The van der Waals surface area contributed by atoms with Gasteiger partial charge in [0.2, 0.25) is 0 Å². The Kier molecular flexibility index (Phi) is 17.3. The van der Waals surface area contributed by atoms with Crippen LogP contribution in [0.4, 0.5) is 0 Å². The van der Waals surface area contributed by atoms with E-state index < -0.39 is 0 Å². The van der Waals surface area contributed by atoms with Crippen LogP contribution in [-0.4, -0.2) is 27.4 Å². The van der Waals surface area contributed by atoms with E-state index in [0.29, 0.717) is 0 Å². The second kappa shape index (κ2) is 30.4. The van der Waals surface area contributed by atoms with Gasteiger partial charge >= 0.3 is 0 Å². The minimum atomic E-state index is 1.18. The van der Waals surface area contributed by atoms with Gasteiger partial charge in [-0.3, -0.25) is 0 Å². The smallest absolute Gasteiger partial charge is 0.0541 e. The fourth-order valence-electron chi connectivity index (χ4n) is 21.3. The monoisotopic (exact) mass is 1710 g/mol. The van der Waals surface area contributed by atoms with Crippen molar-refractivity contribution in [2.75, 3.05) is 0 Å². The standard InChI is InChI=1S/2C42H26N2S.C40H26N2/c1-2-10-29(11-3-1)43-37-15-7-4-12-31(37)35-24-27(18-22-39(35)43)28-19-23-40-36(25-28)32-13-5-8-16-38(32)44(40)30-20-21-34-33-14-6-9-17-41(33)45-42(34)26-30;1-2-10-29(11-3-1)43-37-15-7-4-12-31(37)34-24-27(18-21-39(34)43)28-19-22-40-35(25-28)32-13-5-8-16-38(32)44(40)30-20-23-42-36(26-30)33-14-6-9-17-41(33)45-42;1-2-12-31(13-3-1)41-37-16-8-6-14-33(37)35-25-29(19-22-39(35)41)30-20-23-40-36(26-30)34-15-7-9-17-38(34)42(40)32-21-18-27-10-4-5-11-28(27)24-32/h2*1-26H;1-26H. The molecule has 616 valence electrons. The van der Waals surface area contributed by atoms with Gasteiger partial charge in [0.25, 0.3) is 0 Å². The summed E-state index contributed by atoms with van der Waals surface area (Å²) in [4.78, 5) is 0. The summed E-state index contributed by atoms with van der Waals surface area (Å²) in [6.07, 6.45) is 0. The number of nitrogens with zero attached hydrogens (tertiary/aromatic N) is 6. The number of rotatable bonds is 9. The number of aromatic nitrogens is 6. The molecule has 0 atom stereocenters. The first kappa shape index (κ1) is 75.3. The fourth-order valence-corrected chi connectivity index (χ4v) is 23.6. The van der Waals surface area contributed by atoms with Gasteiger partial charge in [-0.05, 0) is 244 Å². The van der Waals surface area contributed by atoms with E-state index in [0.717, 1.165) is 0 Å². The highest BCUT2D eigenvalue weighted by atomic mass is 32.1. The molecular weight excluding hydrogens is 1640 g/mol. The summed E-state index contributed by atoms with van der Waals surface area (Å²) in [5, 5.41) is 23.0. The zero-order valence-electron chi connectivity index (χ0n) is 71.5. The minimum absolute atomic E-state index is 1.18. The van der Waals surface area contributed by atoms with E-state index in [9.17, 15) is 0 Å². The summed E-state index contributed by atoms with van der Waals surface area (Å²) < 4.78 is 19.7. The first-order valence-electron chi connectivity index (χ1n) is 45.2. The van der Waals surface area contributed by atoms with Gasteiger partial charge in [0.05, 0.1) is 66.2 Å². The van der Waals surface area contributed by atoms with Crippen molar-refractivity contribution < 1.29 is 0 Å². The molecule has 0 spiro atoms. The van der Waals surface area contributed by atoms with E-state index in [2.05, 4.69) is 501 Å². The van der Waals surface area contributed by atoms with Crippen molar-refractivity contribution in [3.05, 3.63) is 473 Å². The molecule has 0 aliphatic carbocycles. The molecule has 0 radical (unpaired) electrons. The van der Waals surface area contributed by atoms with Crippen molar-refractivity contribution in [2.24, 2.45) is 0 Å². The topological polar surface area (TPSA) is 29.6 Å². The second-order valence-electron chi connectivity index (χ2n) is 34.6. The number of benzene rings is 21. The van der Waals surface area contributed by atoms with Gasteiger partial charge in [-0.25, -0.2) is 0 Å². The third-order valence-corrected chi connectivity index (χ3v) is 29.6. The molecule has 0 bridgehead atoms. The molecule has 6 nitrogen and oxygen atoms in total. The normalized spacial score (nSPS) is 11.9. The van der Waals surface area contributed by atoms with Crippen LogP contribution in [0.5, 0.6) is 0 Å². The van der Waals surface area contributed by atoms with Crippen LogP contribution < -0.4 is 0 Å². The molecule has 8 heterocycles. The summed E-state index contributed by atoms with van der Waals surface area (Å²) in [7, 11) is 0. The molecule has 29 aromatic rings. The van der Waals surface area contributed by atoms with Crippen molar-refractivity contribution in [1.29, 1.82) is 0 Å². The Bertz CT molecular complexity index is 9740. The Hall–Kier alpha value is -16.9. The lowest BCUT2D eigenvalue weighted by molar-refractivity contribution is 1.18. The first-order chi connectivity index (χ1) is 65.5. The highest BCUT2D eigenvalue weighted by molar-refractivity contribution is 7.26.